The lowest BCUT2D eigenvalue weighted by Crippen LogP contribution is -2.24. The zero-order valence-electron chi connectivity index (χ0n) is 21.1. The van der Waals surface area contributed by atoms with Crippen LogP contribution in [0.15, 0.2) is 97.1 Å². The van der Waals surface area contributed by atoms with Gasteiger partial charge in [-0.05, 0) is 97.3 Å². The van der Waals surface area contributed by atoms with Gasteiger partial charge in [0.2, 0.25) is 0 Å². The zero-order valence-corrected chi connectivity index (χ0v) is 21.1. The summed E-state index contributed by atoms with van der Waals surface area (Å²) in [4.78, 5) is 29.5. The second kappa shape index (κ2) is 10.6. The summed E-state index contributed by atoms with van der Waals surface area (Å²) < 4.78 is 0. The molecular weight excluding hydrogens is 460 g/mol. The standard InChI is InChI=1S/C31H30N4O2/c1-34(2)27-15-10-23(11-16-27)31(37)33-26-14-19-29-24(21-26)9-6-20-35(29)28-17-12-25(13-18-28)32-30(36)22-7-4-3-5-8-22/h3-5,7-8,10-19,21H,6,9,20H2,1-2H3,(H,32,36)(H,33,37). The molecule has 0 radical (unpaired) electrons. The van der Waals surface area contributed by atoms with Gasteiger partial charge in [-0.15, -0.1) is 0 Å². The van der Waals surface area contributed by atoms with Crippen LogP contribution >= 0.6 is 0 Å². The molecule has 0 saturated heterocycles. The quantitative estimate of drug-likeness (QED) is 0.331. The van der Waals surface area contributed by atoms with E-state index in [1.54, 1.807) is 12.1 Å². The van der Waals surface area contributed by atoms with Crippen LogP contribution in [-0.4, -0.2) is 32.5 Å². The molecule has 1 aliphatic rings. The molecule has 0 saturated carbocycles. The highest BCUT2D eigenvalue weighted by Gasteiger charge is 2.19. The summed E-state index contributed by atoms with van der Waals surface area (Å²) in [5.41, 5.74) is 7.27. The molecule has 0 bridgehead atoms. The normalized spacial score (nSPS) is 12.4. The summed E-state index contributed by atoms with van der Waals surface area (Å²) in [6.45, 7) is 0.909. The Balaban J connectivity index is 1.28. The van der Waals surface area contributed by atoms with Crippen molar-refractivity contribution in [2.45, 2.75) is 12.8 Å². The summed E-state index contributed by atoms with van der Waals surface area (Å²) in [7, 11) is 3.95. The van der Waals surface area contributed by atoms with Crippen molar-refractivity contribution >= 4 is 40.3 Å². The lowest BCUT2D eigenvalue weighted by molar-refractivity contribution is 0.101. The summed E-state index contributed by atoms with van der Waals surface area (Å²) in [6, 6.07) is 30.8. The summed E-state index contributed by atoms with van der Waals surface area (Å²) in [6.07, 6.45) is 1.97. The van der Waals surface area contributed by atoms with Crippen molar-refractivity contribution in [2.75, 3.05) is 41.1 Å². The van der Waals surface area contributed by atoms with Crippen LogP contribution in [0, 0.1) is 0 Å². The summed E-state index contributed by atoms with van der Waals surface area (Å²) in [5.74, 6) is -0.244. The highest BCUT2D eigenvalue weighted by Crippen LogP contribution is 2.35. The monoisotopic (exact) mass is 490 g/mol. The van der Waals surface area contributed by atoms with Gasteiger partial charge >= 0.3 is 0 Å². The molecule has 2 amide bonds. The molecule has 0 aliphatic carbocycles. The number of amides is 2. The lowest BCUT2D eigenvalue weighted by atomic mass is 10.00. The van der Waals surface area contributed by atoms with Crippen LogP contribution < -0.4 is 20.4 Å². The van der Waals surface area contributed by atoms with Crippen LogP contribution in [0.25, 0.3) is 0 Å². The Hall–Kier alpha value is -4.58. The van der Waals surface area contributed by atoms with Crippen LogP contribution in [0.2, 0.25) is 0 Å². The summed E-state index contributed by atoms with van der Waals surface area (Å²) >= 11 is 0. The number of hydrogen-bond donors (Lipinski definition) is 2. The Morgan fingerprint density at radius 3 is 2.03 bits per heavy atom. The molecule has 0 aromatic heterocycles. The van der Waals surface area contributed by atoms with Gasteiger partial charge in [0.1, 0.15) is 0 Å². The molecule has 1 heterocycles. The second-order valence-corrected chi connectivity index (χ2v) is 9.36. The van der Waals surface area contributed by atoms with Crippen LogP contribution in [0.4, 0.5) is 28.4 Å². The number of carbonyl (C=O) groups is 2. The van der Waals surface area contributed by atoms with Crippen molar-refractivity contribution in [3.8, 4) is 0 Å². The first-order chi connectivity index (χ1) is 18.0. The average Bonchev–Trinajstić information content (AvgIpc) is 2.93. The van der Waals surface area contributed by atoms with Crippen LogP contribution in [-0.2, 0) is 6.42 Å². The number of benzene rings is 4. The highest BCUT2D eigenvalue weighted by molar-refractivity contribution is 6.05. The molecule has 4 aromatic rings. The zero-order chi connectivity index (χ0) is 25.8. The van der Waals surface area contributed by atoms with Crippen molar-refractivity contribution in [2.24, 2.45) is 0 Å². The predicted molar refractivity (Wildman–Crippen MR) is 151 cm³/mol. The van der Waals surface area contributed by atoms with E-state index in [0.29, 0.717) is 11.1 Å². The predicted octanol–water partition coefficient (Wildman–Crippen LogP) is 6.34. The van der Waals surface area contributed by atoms with Gasteiger partial charge in [0, 0.05) is 60.2 Å². The number of rotatable bonds is 6. The first kappa shape index (κ1) is 24.1. The Morgan fingerprint density at radius 1 is 0.730 bits per heavy atom. The van der Waals surface area contributed by atoms with Gasteiger partial charge in [0.15, 0.2) is 0 Å². The van der Waals surface area contributed by atoms with E-state index in [1.807, 2.05) is 91.8 Å². The van der Waals surface area contributed by atoms with Crippen molar-refractivity contribution in [3.05, 3.63) is 114 Å². The first-order valence-corrected chi connectivity index (χ1v) is 12.4. The fourth-order valence-electron chi connectivity index (χ4n) is 4.57. The minimum absolute atomic E-state index is 0.119. The molecule has 37 heavy (non-hydrogen) atoms. The van der Waals surface area contributed by atoms with Crippen molar-refractivity contribution in [3.63, 3.8) is 0 Å². The minimum Gasteiger partial charge on any atom is -0.378 e. The van der Waals surface area contributed by atoms with E-state index in [2.05, 4.69) is 27.7 Å². The van der Waals surface area contributed by atoms with E-state index in [4.69, 9.17) is 0 Å². The van der Waals surface area contributed by atoms with Crippen molar-refractivity contribution in [1.82, 2.24) is 0 Å². The molecule has 4 aromatic carbocycles. The third-order valence-corrected chi connectivity index (χ3v) is 6.57. The van der Waals surface area contributed by atoms with Gasteiger partial charge in [-0.1, -0.05) is 18.2 Å². The topological polar surface area (TPSA) is 64.7 Å². The molecule has 0 fully saturated rings. The largest absolute Gasteiger partial charge is 0.378 e. The third kappa shape index (κ3) is 5.48. The second-order valence-electron chi connectivity index (χ2n) is 9.36. The number of nitrogens with zero attached hydrogens (tertiary/aromatic N) is 2. The maximum atomic E-state index is 12.8. The van der Waals surface area contributed by atoms with Gasteiger partial charge in [0.25, 0.3) is 11.8 Å². The fourth-order valence-corrected chi connectivity index (χ4v) is 4.57. The molecule has 0 unspecified atom stereocenters. The molecule has 5 rings (SSSR count). The number of carbonyl (C=O) groups excluding carboxylic acids is 2. The molecule has 2 N–H and O–H groups in total. The first-order valence-electron chi connectivity index (χ1n) is 12.4. The maximum absolute atomic E-state index is 12.8. The highest BCUT2D eigenvalue weighted by atomic mass is 16.2. The Bertz CT molecular complexity index is 1400. The van der Waals surface area contributed by atoms with Crippen molar-refractivity contribution < 1.29 is 9.59 Å². The molecule has 6 heteroatoms. The number of anilines is 5. The molecule has 0 spiro atoms. The van der Waals surface area contributed by atoms with E-state index >= 15 is 0 Å². The number of aryl methyl sites for hydroxylation is 1. The van der Waals surface area contributed by atoms with E-state index in [-0.39, 0.29) is 11.8 Å². The Morgan fingerprint density at radius 2 is 1.35 bits per heavy atom. The SMILES string of the molecule is CN(C)c1ccc(C(=O)Nc2ccc3c(c2)CCCN3c2ccc(NC(=O)c3ccccc3)cc2)cc1. The smallest absolute Gasteiger partial charge is 0.255 e. The minimum atomic E-state index is -0.125. The average molecular weight is 491 g/mol. The van der Waals surface area contributed by atoms with Crippen molar-refractivity contribution in [1.29, 1.82) is 0 Å². The van der Waals surface area contributed by atoms with Gasteiger partial charge in [0.05, 0.1) is 0 Å². The Kier molecular flexibility index (Phi) is 6.90. The fraction of sp³-hybridized carbons (Fsp3) is 0.161. The van der Waals surface area contributed by atoms with Gasteiger partial charge in [-0.2, -0.15) is 0 Å². The third-order valence-electron chi connectivity index (χ3n) is 6.57. The number of fused-ring (bicyclic) bond motifs is 1. The van der Waals surface area contributed by atoms with E-state index < -0.39 is 0 Å². The lowest BCUT2D eigenvalue weighted by Gasteiger charge is -2.32. The van der Waals surface area contributed by atoms with Gasteiger partial charge in [-0.3, -0.25) is 9.59 Å². The molecule has 0 atom stereocenters. The van der Waals surface area contributed by atoms with Crippen LogP contribution in [0.3, 0.4) is 0 Å². The number of nitrogens with one attached hydrogen (secondary N) is 2. The molecule has 1 aliphatic heterocycles. The maximum Gasteiger partial charge on any atom is 0.255 e. The van der Waals surface area contributed by atoms with E-state index in [0.717, 1.165) is 47.8 Å². The summed E-state index contributed by atoms with van der Waals surface area (Å²) in [5, 5.41) is 5.99. The Labute approximate surface area is 217 Å². The number of hydrogen-bond acceptors (Lipinski definition) is 4. The molecule has 186 valence electrons. The van der Waals surface area contributed by atoms with Crippen LogP contribution in [0.1, 0.15) is 32.7 Å². The van der Waals surface area contributed by atoms with Gasteiger partial charge in [-0.25, -0.2) is 0 Å². The van der Waals surface area contributed by atoms with E-state index in [1.165, 1.54) is 5.56 Å². The molecular formula is C31H30N4O2. The molecule has 6 nitrogen and oxygen atoms in total. The van der Waals surface area contributed by atoms with E-state index in [9.17, 15) is 9.59 Å². The van der Waals surface area contributed by atoms with Gasteiger partial charge < -0.3 is 20.4 Å². The van der Waals surface area contributed by atoms with Crippen LogP contribution in [0.5, 0.6) is 0 Å².